The number of nitrogens with zero attached hydrogens (tertiary/aromatic N) is 5. The zero-order chi connectivity index (χ0) is 28.5. The molecule has 6 rings (SSSR count). The highest BCUT2D eigenvalue weighted by molar-refractivity contribution is 5.89. The molecule has 1 unspecified atom stereocenters. The Bertz CT molecular complexity index is 1540. The van der Waals surface area contributed by atoms with Gasteiger partial charge in [0.1, 0.15) is 17.1 Å². The van der Waals surface area contributed by atoms with Gasteiger partial charge in [-0.05, 0) is 74.4 Å². The van der Waals surface area contributed by atoms with E-state index in [0.717, 1.165) is 41.2 Å². The van der Waals surface area contributed by atoms with E-state index in [2.05, 4.69) is 34.5 Å². The van der Waals surface area contributed by atoms with Gasteiger partial charge >= 0.3 is 5.97 Å². The molecule has 0 saturated heterocycles. The number of aryl methyl sites for hydroxylation is 1. The summed E-state index contributed by atoms with van der Waals surface area (Å²) in [5, 5.41) is 23.1. The van der Waals surface area contributed by atoms with Crippen LogP contribution in [0.15, 0.2) is 54.9 Å². The first-order valence-corrected chi connectivity index (χ1v) is 14.6. The average Bonchev–Trinajstić information content (AvgIpc) is 3.41. The zero-order valence-electron chi connectivity index (χ0n) is 23.9. The number of carboxylic acids is 1. The van der Waals surface area contributed by atoms with Gasteiger partial charge in [-0.15, -0.1) is 5.10 Å². The highest BCUT2D eigenvalue weighted by atomic mass is 16.5. The molecule has 3 atom stereocenters. The van der Waals surface area contributed by atoms with Crippen molar-refractivity contribution in [2.75, 3.05) is 7.11 Å². The number of methoxy groups -OCH3 is 1. The lowest BCUT2D eigenvalue weighted by atomic mass is 9.86. The zero-order valence-corrected chi connectivity index (χ0v) is 23.9. The van der Waals surface area contributed by atoms with E-state index < -0.39 is 5.97 Å². The van der Waals surface area contributed by atoms with Crippen molar-refractivity contribution in [2.24, 2.45) is 5.92 Å². The number of hydrogen-bond donors (Lipinski definition) is 1. The molecular formula is C32H37N5O4. The molecule has 1 N–H and O–H groups in total. The number of ether oxygens (including phenoxy) is 2. The highest BCUT2D eigenvalue weighted by Gasteiger charge is 2.46. The lowest BCUT2D eigenvalue weighted by Crippen LogP contribution is -2.25. The smallest absolute Gasteiger partial charge is 0.339 e. The second-order valence-electron chi connectivity index (χ2n) is 11.3. The first-order chi connectivity index (χ1) is 19.9. The number of aromatic carboxylic acids is 1. The van der Waals surface area contributed by atoms with E-state index in [1.807, 2.05) is 43.5 Å². The summed E-state index contributed by atoms with van der Waals surface area (Å²) < 4.78 is 15.6. The molecule has 0 aliphatic heterocycles. The summed E-state index contributed by atoms with van der Waals surface area (Å²) in [6.45, 7) is 4.93. The maximum absolute atomic E-state index is 12.2. The largest absolute Gasteiger partial charge is 0.497 e. The van der Waals surface area contributed by atoms with Gasteiger partial charge < -0.3 is 14.6 Å². The molecule has 0 amide bonds. The fourth-order valence-corrected chi connectivity index (χ4v) is 6.20. The van der Waals surface area contributed by atoms with Crippen molar-refractivity contribution >= 4 is 5.97 Å². The summed E-state index contributed by atoms with van der Waals surface area (Å²) >= 11 is 0. The summed E-state index contributed by atoms with van der Waals surface area (Å²) in [5.41, 5.74) is 4.43. The molecule has 9 heteroatoms. The number of aromatic nitrogens is 5. The van der Waals surface area contributed by atoms with Crippen LogP contribution in [0, 0.1) is 5.92 Å². The summed E-state index contributed by atoms with van der Waals surface area (Å²) in [6.07, 6.45) is 10.7. The van der Waals surface area contributed by atoms with Gasteiger partial charge in [-0.3, -0.25) is 4.68 Å². The minimum Gasteiger partial charge on any atom is -0.497 e. The van der Waals surface area contributed by atoms with Crippen molar-refractivity contribution in [2.45, 2.75) is 76.9 Å². The van der Waals surface area contributed by atoms with Gasteiger partial charge in [-0.2, -0.15) is 5.10 Å². The van der Waals surface area contributed by atoms with Gasteiger partial charge in [0.25, 0.3) is 0 Å². The summed E-state index contributed by atoms with van der Waals surface area (Å²) in [5.74, 6) is 1.20. The Balaban J connectivity index is 1.32. The molecule has 0 spiro atoms. The number of benzene rings is 2. The van der Waals surface area contributed by atoms with Crippen LogP contribution in [0.3, 0.4) is 0 Å². The SMILES string of the molecule is CCn1cc([C@H]2C[C@@H]2c2c(C(=O)O)cnn2-c2cc(OC)cc(-c3cccc(OC(C)C4CCCCC4)c3)c2)nn1. The monoisotopic (exact) mass is 555 g/mol. The standard InChI is InChI=1S/C32H37N5O4/c1-4-36-19-30(34-35-36)27-17-28(27)31-29(32(38)39)18-33-37(31)24-13-23(15-26(16-24)40-3)22-11-8-12-25(14-22)41-20(2)21-9-6-5-7-10-21/h8,11-16,18-21,27-28H,4-7,9-10,17H2,1-3H3,(H,38,39)/t20?,27-,28-/m0/s1. The third-order valence-corrected chi connectivity index (χ3v) is 8.61. The summed E-state index contributed by atoms with van der Waals surface area (Å²) in [6, 6.07) is 14.0. The molecule has 4 aromatic rings. The van der Waals surface area contributed by atoms with Crippen LogP contribution in [-0.2, 0) is 6.54 Å². The topological polar surface area (TPSA) is 104 Å². The van der Waals surface area contributed by atoms with Crippen LogP contribution in [0.25, 0.3) is 16.8 Å². The van der Waals surface area contributed by atoms with Crippen molar-refractivity contribution in [3.63, 3.8) is 0 Å². The molecule has 0 radical (unpaired) electrons. The predicted molar refractivity (Wildman–Crippen MR) is 155 cm³/mol. The van der Waals surface area contributed by atoms with E-state index in [0.29, 0.717) is 17.4 Å². The van der Waals surface area contributed by atoms with Gasteiger partial charge in [0, 0.05) is 30.6 Å². The maximum atomic E-state index is 12.2. The van der Waals surface area contributed by atoms with Gasteiger partial charge in [-0.25, -0.2) is 9.48 Å². The Hall–Kier alpha value is -4.14. The molecule has 2 aromatic carbocycles. The van der Waals surface area contributed by atoms with Gasteiger partial charge in [0.2, 0.25) is 0 Å². The van der Waals surface area contributed by atoms with Gasteiger partial charge in [0.15, 0.2) is 0 Å². The quantitative estimate of drug-likeness (QED) is 0.239. The molecule has 41 heavy (non-hydrogen) atoms. The van der Waals surface area contributed by atoms with Crippen molar-refractivity contribution in [1.29, 1.82) is 0 Å². The molecule has 2 heterocycles. The molecule has 0 bridgehead atoms. The van der Waals surface area contributed by atoms with Crippen LogP contribution < -0.4 is 9.47 Å². The van der Waals surface area contributed by atoms with E-state index in [4.69, 9.17) is 9.47 Å². The van der Waals surface area contributed by atoms with E-state index >= 15 is 0 Å². The molecule has 9 nitrogen and oxygen atoms in total. The Kier molecular flexibility index (Phi) is 7.51. The lowest BCUT2D eigenvalue weighted by molar-refractivity contribution is 0.0695. The Morgan fingerprint density at radius 2 is 1.88 bits per heavy atom. The van der Waals surface area contributed by atoms with Crippen molar-refractivity contribution in [1.82, 2.24) is 24.8 Å². The minimum atomic E-state index is -0.992. The van der Waals surface area contributed by atoms with Crippen LogP contribution in [0.2, 0.25) is 0 Å². The number of rotatable bonds is 10. The minimum absolute atomic E-state index is 0.0155. The molecule has 214 valence electrons. The maximum Gasteiger partial charge on any atom is 0.339 e. The van der Waals surface area contributed by atoms with Crippen LogP contribution in [0.4, 0.5) is 0 Å². The van der Waals surface area contributed by atoms with Crippen LogP contribution in [-0.4, -0.2) is 49.1 Å². The Morgan fingerprint density at radius 1 is 1.07 bits per heavy atom. The molecule has 2 aliphatic rings. The summed E-state index contributed by atoms with van der Waals surface area (Å²) in [4.78, 5) is 12.2. The van der Waals surface area contributed by atoms with E-state index in [-0.39, 0.29) is 23.5 Å². The van der Waals surface area contributed by atoms with Crippen LogP contribution in [0.5, 0.6) is 11.5 Å². The Labute approximate surface area is 240 Å². The lowest BCUT2D eigenvalue weighted by Gasteiger charge is -2.28. The fraction of sp³-hybridized carbons (Fsp3) is 0.438. The predicted octanol–water partition coefficient (Wildman–Crippen LogP) is 6.48. The first kappa shape index (κ1) is 27.1. The van der Waals surface area contributed by atoms with E-state index in [1.54, 1.807) is 16.5 Å². The van der Waals surface area contributed by atoms with Crippen LogP contribution >= 0.6 is 0 Å². The van der Waals surface area contributed by atoms with E-state index in [1.165, 1.54) is 38.3 Å². The fourth-order valence-electron chi connectivity index (χ4n) is 6.20. The van der Waals surface area contributed by atoms with Crippen molar-refractivity contribution in [3.05, 3.63) is 71.8 Å². The van der Waals surface area contributed by atoms with Crippen molar-refractivity contribution in [3.8, 4) is 28.3 Å². The second-order valence-corrected chi connectivity index (χ2v) is 11.3. The van der Waals surface area contributed by atoms with E-state index in [9.17, 15) is 9.90 Å². The molecule has 2 saturated carbocycles. The third kappa shape index (κ3) is 5.58. The van der Waals surface area contributed by atoms with Gasteiger partial charge in [-0.1, -0.05) is 36.6 Å². The molecular weight excluding hydrogens is 518 g/mol. The highest BCUT2D eigenvalue weighted by Crippen LogP contribution is 2.55. The number of carboxylic acid groups (broad SMARTS) is 1. The summed E-state index contributed by atoms with van der Waals surface area (Å²) in [7, 11) is 1.63. The van der Waals surface area contributed by atoms with Crippen LogP contribution in [0.1, 0.15) is 86.0 Å². The van der Waals surface area contributed by atoms with Gasteiger partial charge in [0.05, 0.1) is 36.5 Å². The first-order valence-electron chi connectivity index (χ1n) is 14.6. The Morgan fingerprint density at radius 3 is 2.61 bits per heavy atom. The number of hydrogen-bond acceptors (Lipinski definition) is 6. The molecule has 2 aliphatic carbocycles. The normalized spacial score (nSPS) is 19.6. The second kappa shape index (κ2) is 11.4. The third-order valence-electron chi connectivity index (χ3n) is 8.61. The number of carbonyl (C=O) groups is 1. The average molecular weight is 556 g/mol. The molecule has 2 aromatic heterocycles. The molecule has 2 fully saturated rings. The van der Waals surface area contributed by atoms with Crippen molar-refractivity contribution < 1.29 is 19.4 Å².